The number of halogens is 1. The second-order valence-corrected chi connectivity index (χ2v) is 7.04. The molecule has 2 heterocycles. The molecule has 0 aliphatic rings. The number of nitrogens with zero attached hydrogens (tertiary/aromatic N) is 4. The molecule has 0 radical (unpaired) electrons. The highest BCUT2D eigenvalue weighted by molar-refractivity contribution is 8.13. The van der Waals surface area contributed by atoms with E-state index in [-0.39, 0.29) is 10.9 Å². The van der Waals surface area contributed by atoms with Crippen LogP contribution in [0.4, 0.5) is 4.79 Å². The summed E-state index contributed by atoms with van der Waals surface area (Å²) < 4.78 is 24.2. The molecule has 0 fully saturated rings. The largest absolute Gasteiger partial charge is 0.338 e. The molecular formula is C14H13ClN4O3S. The third-order valence-corrected chi connectivity index (χ3v) is 4.12. The summed E-state index contributed by atoms with van der Waals surface area (Å²) in [6.07, 6.45) is 9.17. The van der Waals surface area contributed by atoms with E-state index in [1.165, 1.54) is 33.9 Å². The Morgan fingerprint density at radius 3 is 1.83 bits per heavy atom. The fourth-order valence-corrected chi connectivity index (χ4v) is 2.35. The Bertz CT molecular complexity index is 821. The van der Waals surface area contributed by atoms with Gasteiger partial charge < -0.3 is 0 Å². The van der Waals surface area contributed by atoms with Crippen molar-refractivity contribution in [1.29, 1.82) is 0 Å². The van der Waals surface area contributed by atoms with Gasteiger partial charge in [-0.3, -0.25) is 9.13 Å². The normalized spacial score (nSPS) is 10.7. The lowest BCUT2D eigenvalue weighted by molar-refractivity contribution is 0.244. The number of aryl methyl sites for hydroxylation is 1. The van der Waals surface area contributed by atoms with Crippen molar-refractivity contribution < 1.29 is 13.2 Å². The van der Waals surface area contributed by atoms with Crippen molar-refractivity contribution >= 4 is 25.8 Å². The first kappa shape index (κ1) is 16.9. The molecule has 9 heteroatoms. The van der Waals surface area contributed by atoms with Crippen LogP contribution in [0.15, 0.2) is 66.6 Å². The molecule has 0 saturated heterocycles. The minimum atomic E-state index is -3.55. The minimum absolute atomic E-state index is 0.143. The van der Waals surface area contributed by atoms with Crippen molar-refractivity contribution in [3.8, 4) is 0 Å². The number of rotatable bonds is 1. The van der Waals surface area contributed by atoms with E-state index in [9.17, 15) is 13.2 Å². The summed E-state index contributed by atoms with van der Waals surface area (Å²) in [4.78, 5) is 19.1. The molecule has 23 heavy (non-hydrogen) atoms. The number of hydrogen-bond donors (Lipinski definition) is 0. The van der Waals surface area contributed by atoms with E-state index >= 15 is 0 Å². The molecule has 120 valence electrons. The molecule has 0 atom stereocenters. The quantitative estimate of drug-likeness (QED) is 0.628. The topological polar surface area (TPSA) is 86.9 Å². The maximum absolute atomic E-state index is 11.4. The smallest absolute Gasteiger partial charge is 0.257 e. The summed E-state index contributed by atoms with van der Waals surface area (Å²) >= 11 is 0. The molecule has 0 spiro atoms. The van der Waals surface area contributed by atoms with Gasteiger partial charge in [-0.2, -0.15) is 0 Å². The van der Waals surface area contributed by atoms with Crippen molar-refractivity contribution in [1.82, 2.24) is 19.1 Å². The van der Waals surface area contributed by atoms with Crippen LogP contribution in [0.3, 0.4) is 0 Å². The summed E-state index contributed by atoms with van der Waals surface area (Å²) in [5.74, 6) is 0. The van der Waals surface area contributed by atoms with E-state index in [4.69, 9.17) is 10.7 Å². The number of imidazole rings is 2. The molecule has 2 aromatic heterocycles. The second-order valence-electron chi connectivity index (χ2n) is 4.47. The fourth-order valence-electron chi connectivity index (χ4n) is 1.58. The maximum atomic E-state index is 11.4. The van der Waals surface area contributed by atoms with Gasteiger partial charge in [0.05, 0.1) is 4.90 Å². The van der Waals surface area contributed by atoms with Gasteiger partial charge in [0.1, 0.15) is 12.7 Å². The van der Waals surface area contributed by atoms with Gasteiger partial charge in [-0.25, -0.2) is 23.2 Å². The van der Waals surface area contributed by atoms with E-state index in [0.29, 0.717) is 0 Å². The van der Waals surface area contributed by atoms with Crippen LogP contribution >= 0.6 is 10.7 Å². The zero-order chi connectivity index (χ0) is 16.9. The predicted molar refractivity (Wildman–Crippen MR) is 84.9 cm³/mol. The summed E-state index contributed by atoms with van der Waals surface area (Å²) in [6, 6.07) is 6.19. The highest BCUT2D eigenvalue weighted by atomic mass is 35.7. The van der Waals surface area contributed by atoms with Crippen molar-refractivity contribution in [2.24, 2.45) is 0 Å². The first-order valence-electron chi connectivity index (χ1n) is 6.40. The lowest BCUT2D eigenvalue weighted by Gasteiger charge is -1.98. The van der Waals surface area contributed by atoms with Crippen molar-refractivity contribution in [3.05, 3.63) is 67.3 Å². The number of carbonyl (C=O) groups is 1. The zero-order valence-corrected chi connectivity index (χ0v) is 13.6. The Morgan fingerprint density at radius 1 is 1.00 bits per heavy atom. The van der Waals surface area contributed by atoms with Gasteiger partial charge in [-0.15, -0.1) is 0 Å². The Kier molecular flexibility index (Phi) is 5.30. The summed E-state index contributed by atoms with van der Waals surface area (Å²) in [6.45, 7) is 1.88. The highest BCUT2D eigenvalue weighted by Crippen LogP contribution is 2.14. The monoisotopic (exact) mass is 352 g/mol. The van der Waals surface area contributed by atoms with Crippen molar-refractivity contribution in [3.63, 3.8) is 0 Å². The summed E-state index contributed by atoms with van der Waals surface area (Å²) in [7, 11) is 1.54. The highest BCUT2D eigenvalue weighted by Gasteiger charge is 2.07. The molecule has 0 N–H and O–H groups in total. The third kappa shape index (κ3) is 4.76. The van der Waals surface area contributed by atoms with Gasteiger partial charge in [-0.1, -0.05) is 17.7 Å². The van der Waals surface area contributed by atoms with Crippen molar-refractivity contribution in [2.75, 3.05) is 0 Å². The molecule has 0 aliphatic heterocycles. The predicted octanol–water partition coefficient (Wildman–Crippen LogP) is 2.52. The van der Waals surface area contributed by atoms with Gasteiger partial charge in [0.25, 0.3) is 9.05 Å². The number of carbonyl (C=O) groups excluding carboxylic acids is 1. The van der Waals surface area contributed by atoms with Crippen LogP contribution in [0, 0.1) is 6.92 Å². The van der Waals surface area contributed by atoms with Crippen molar-refractivity contribution in [2.45, 2.75) is 11.8 Å². The molecule has 3 rings (SSSR count). The first-order valence-corrected chi connectivity index (χ1v) is 8.71. The lowest BCUT2D eigenvalue weighted by Crippen LogP contribution is -2.15. The lowest BCUT2D eigenvalue weighted by atomic mass is 10.2. The standard InChI is InChI=1S/C7H7ClO2S.C7H6N4O/c1-6-2-4-7(5-3-6)11(8,9)10;12-7(10-3-1-8-5-10)11-4-2-9-6-11/h2-5H,1H3;1-6H. The van der Waals surface area contributed by atoms with Crippen LogP contribution in [-0.4, -0.2) is 33.6 Å². The summed E-state index contributed by atoms with van der Waals surface area (Å²) in [5, 5.41) is 0. The molecule has 7 nitrogen and oxygen atoms in total. The Balaban J connectivity index is 0.000000168. The Morgan fingerprint density at radius 2 is 1.48 bits per heavy atom. The number of hydrogen-bond acceptors (Lipinski definition) is 5. The van der Waals surface area contributed by atoms with Gasteiger partial charge in [0.15, 0.2) is 0 Å². The van der Waals surface area contributed by atoms with E-state index < -0.39 is 9.05 Å². The first-order chi connectivity index (χ1) is 10.9. The maximum Gasteiger partial charge on any atom is 0.338 e. The second kappa shape index (κ2) is 7.21. The fraction of sp³-hybridized carbons (Fsp3) is 0.0714. The van der Waals surface area contributed by atoms with Crippen LogP contribution in [0.2, 0.25) is 0 Å². The third-order valence-electron chi connectivity index (χ3n) is 2.75. The van der Waals surface area contributed by atoms with Gasteiger partial charge in [0.2, 0.25) is 0 Å². The average molecular weight is 353 g/mol. The molecule has 0 aliphatic carbocycles. The van der Waals surface area contributed by atoms with Crippen LogP contribution in [0.25, 0.3) is 0 Å². The van der Waals surface area contributed by atoms with Crippen LogP contribution in [-0.2, 0) is 9.05 Å². The molecule has 0 amide bonds. The Hall–Kier alpha value is -2.45. The SMILES string of the molecule is Cc1ccc(S(=O)(=O)Cl)cc1.O=C(n1ccnc1)n1ccnc1. The van der Waals surface area contributed by atoms with E-state index in [0.717, 1.165) is 5.56 Å². The molecule has 0 bridgehead atoms. The van der Waals surface area contributed by atoms with E-state index in [1.807, 2.05) is 6.92 Å². The number of aromatic nitrogens is 4. The molecular weight excluding hydrogens is 340 g/mol. The number of benzene rings is 1. The zero-order valence-electron chi connectivity index (χ0n) is 12.1. The molecule has 0 unspecified atom stereocenters. The Labute approximate surface area is 137 Å². The van der Waals surface area contributed by atoms with Crippen LogP contribution in [0.5, 0.6) is 0 Å². The van der Waals surface area contributed by atoms with E-state index in [1.54, 1.807) is 36.9 Å². The van der Waals surface area contributed by atoms with Gasteiger partial charge >= 0.3 is 6.03 Å². The molecule has 3 aromatic rings. The average Bonchev–Trinajstić information content (AvgIpc) is 3.20. The van der Waals surface area contributed by atoms with Crippen LogP contribution in [0.1, 0.15) is 5.56 Å². The van der Waals surface area contributed by atoms with Gasteiger partial charge in [-0.05, 0) is 19.1 Å². The summed E-state index contributed by atoms with van der Waals surface area (Å²) in [5.41, 5.74) is 1.01. The minimum Gasteiger partial charge on any atom is -0.257 e. The molecule has 1 aromatic carbocycles. The van der Waals surface area contributed by atoms with E-state index in [2.05, 4.69) is 9.97 Å². The van der Waals surface area contributed by atoms with Gasteiger partial charge in [0, 0.05) is 35.5 Å². The molecule has 0 saturated carbocycles. The van der Waals surface area contributed by atoms with Crippen LogP contribution < -0.4 is 0 Å².